The van der Waals surface area contributed by atoms with Crippen molar-refractivity contribution in [3.05, 3.63) is 34.6 Å². The summed E-state index contributed by atoms with van der Waals surface area (Å²) < 4.78 is 24.7. The number of hydrogen-bond donors (Lipinski definition) is 1. The van der Waals surface area contributed by atoms with E-state index < -0.39 is 18.5 Å². The van der Waals surface area contributed by atoms with Crippen LogP contribution in [0.4, 0.5) is 8.78 Å². The number of benzene rings is 1. The second kappa shape index (κ2) is 3.83. The average molecular weight is 192 g/mol. The molecule has 0 aliphatic rings. The van der Waals surface area contributed by atoms with Crippen molar-refractivity contribution >= 4 is 11.6 Å². The van der Waals surface area contributed by atoms with Crippen LogP contribution in [0, 0.1) is 5.82 Å². The fourth-order valence-electron chi connectivity index (χ4n) is 0.878. The molecule has 0 saturated heterocycles. The van der Waals surface area contributed by atoms with E-state index in [1.54, 1.807) is 0 Å². The molecule has 1 unspecified atom stereocenters. The smallest absolute Gasteiger partial charge is 0.125 e. The molecule has 1 nitrogen and oxygen atoms in total. The van der Waals surface area contributed by atoms with Crippen molar-refractivity contribution in [2.24, 2.45) is 5.73 Å². The highest BCUT2D eigenvalue weighted by Crippen LogP contribution is 2.18. The summed E-state index contributed by atoms with van der Waals surface area (Å²) in [6.45, 7) is -0.722. The lowest BCUT2D eigenvalue weighted by molar-refractivity contribution is 0.436. The first-order valence-corrected chi connectivity index (χ1v) is 3.79. The molecule has 12 heavy (non-hydrogen) atoms. The van der Waals surface area contributed by atoms with E-state index in [0.717, 1.165) is 6.07 Å². The van der Waals surface area contributed by atoms with Gasteiger partial charge in [0.25, 0.3) is 0 Å². The SMILES string of the molecule is NC(CF)c1cc(F)cc(Cl)c1. The molecule has 1 aromatic rings. The molecule has 0 heterocycles. The number of nitrogens with two attached hydrogens (primary N) is 1. The Balaban J connectivity index is 3.00. The Hall–Kier alpha value is -0.670. The molecule has 0 radical (unpaired) electrons. The topological polar surface area (TPSA) is 26.0 Å². The summed E-state index contributed by atoms with van der Waals surface area (Å²) in [5.74, 6) is -0.499. The van der Waals surface area contributed by atoms with E-state index in [-0.39, 0.29) is 5.02 Å². The van der Waals surface area contributed by atoms with Gasteiger partial charge in [-0.1, -0.05) is 11.6 Å². The van der Waals surface area contributed by atoms with Crippen molar-refractivity contribution in [1.82, 2.24) is 0 Å². The molecule has 0 amide bonds. The van der Waals surface area contributed by atoms with Gasteiger partial charge in [-0.05, 0) is 23.8 Å². The molecule has 0 aliphatic carbocycles. The normalized spacial score (nSPS) is 13.0. The molecule has 1 aromatic carbocycles. The van der Waals surface area contributed by atoms with E-state index >= 15 is 0 Å². The first-order chi connectivity index (χ1) is 5.63. The highest BCUT2D eigenvalue weighted by Gasteiger charge is 2.07. The lowest BCUT2D eigenvalue weighted by atomic mass is 10.1. The van der Waals surface area contributed by atoms with Gasteiger partial charge in [0.2, 0.25) is 0 Å². The molecule has 2 N–H and O–H groups in total. The van der Waals surface area contributed by atoms with E-state index in [1.807, 2.05) is 0 Å². The maximum Gasteiger partial charge on any atom is 0.125 e. The van der Waals surface area contributed by atoms with Gasteiger partial charge in [0, 0.05) is 5.02 Å². The van der Waals surface area contributed by atoms with Crippen molar-refractivity contribution in [1.29, 1.82) is 0 Å². The van der Waals surface area contributed by atoms with Crippen LogP contribution in [-0.2, 0) is 0 Å². The number of hydrogen-bond acceptors (Lipinski definition) is 1. The quantitative estimate of drug-likeness (QED) is 0.764. The van der Waals surface area contributed by atoms with Crippen LogP contribution in [0.2, 0.25) is 5.02 Å². The van der Waals surface area contributed by atoms with Crippen LogP contribution in [0.5, 0.6) is 0 Å². The Bertz CT molecular complexity index is 258. The predicted octanol–water partition coefficient (Wildman–Crippen LogP) is 2.45. The van der Waals surface area contributed by atoms with Crippen LogP contribution >= 0.6 is 11.6 Å². The Morgan fingerprint density at radius 1 is 1.42 bits per heavy atom. The summed E-state index contributed by atoms with van der Waals surface area (Å²) in [4.78, 5) is 0. The Morgan fingerprint density at radius 3 is 2.58 bits per heavy atom. The van der Waals surface area contributed by atoms with E-state index in [1.165, 1.54) is 12.1 Å². The minimum absolute atomic E-state index is 0.230. The highest BCUT2D eigenvalue weighted by atomic mass is 35.5. The van der Waals surface area contributed by atoms with Gasteiger partial charge in [0.05, 0.1) is 6.04 Å². The van der Waals surface area contributed by atoms with Gasteiger partial charge in [-0.3, -0.25) is 0 Å². The molecule has 0 spiro atoms. The van der Waals surface area contributed by atoms with Crippen molar-refractivity contribution in [2.75, 3.05) is 6.67 Å². The minimum Gasteiger partial charge on any atom is -0.322 e. The van der Waals surface area contributed by atoms with Crippen molar-refractivity contribution in [3.63, 3.8) is 0 Å². The van der Waals surface area contributed by atoms with Crippen LogP contribution in [0.1, 0.15) is 11.6 Å². The lowest BCUT2D eigenvalue weighted by Crippen LogP contribution is -2.12. The molecule has 66 valence electrons. The van der Waals surface area contributed by atoms with Crippen LogP contribution < -0.4 is 5.73 Å². The van der Waals surface area contributed by atoms with Gasteiger partial charge in [-0.25, -0.2) is 8.78 Å². The van der Waals surface area contributed by atoms with Gasteiger partial charge in [0.15, 0.2) is 0 Å². The zero-order valence-corrected chi connectivity index (χ0v) is 6.98. The van der Waals surface area contributed by atoms with Gasteiger partial charge in [0.1, 0.15) is 12.5 Å². The van der Waals surface area contributed by atoms with Crippen molar-refractivity contribution in [3.8, 4) is 0 Å². The highest BCUT2D eigenvalue weighted by molar-refractivity contribution is 6.30. The second-order valence-electron chi connectivity index (χ2n) is 2.46. The molecule has 4 heteroatoms. The zero-order chi connectivity index (χ0) is 9.14. The fourth-order valence-corrected chi connectivity index (χ4v) is 1.11. The van der Waals surface area contributed by atoms with E-state index in [0.29, 0.717) is 5.56 Å². The lowest BCUT2D eigenvalue weighted by Gasteiger charge is -2.07. The first-order valence-electron chi connectivity index (χ1n) is 3.41. The third kappa shape index (κ3) is 2.16. The van der Waals surface area contributed by atoms with Crippen LogP contribution in [-0.4, -0.2) is 6.67 Å². The first kappa shape index (κ1) is 9.42. The summed E-state index contributed by atoms with van der Waals surface area (Å²) >= 11 is 5.53. The molecule has 1 rings (SSSR count). The van der Waals surface area contributed by atoms with Crippen LogP contribution in [0.25, 0.3) is 0 Å². The van der Waals surface area contributed by atoms with Crippen molar-refractivity contribution in [2.45, 2.75) is 6.04 Å². The fraction of sp³-hybridized carbons (Fsp3) is 0.250. The zero-order valence-electron chi connectivity index (χ0n) is 6.23. The predicted molar refractivity (Wildman–Crippen MR) is 44.3 cm³/mol. The molecule has 1 atom stereocenters. The molecule has 0 bridgehead atoms. The third-order valence-corrected chi connectivity index (χ3v) is 1.70. The van der Waals surface area contributed by atoms with Gasteiger partial charge in [-0.15, -0.1) is 0 Å². The average Bonchev–Trinajstić information content (AvgIpc) is 2.01. The van der Waals surface area contributed by atoms with Crippen molar-refractivity contribution < 1.29 is 8.78 Å². The summed E-state index contributed by atoms with van der Waals surface area (Å²) in [7, 11) is 0. The van der Waals surface area contributed by atoms with Crippen LogP contribution in [0.15, 0.2) is 18.2 Å². The van der Waals surface area contributed by atoms with Gasteiger partial charge >= 0.3 is 0 Å². The maximum absolute atomic E-state index is 12.7. The molecule has 0 aromatic heterocycles. The molecule has 0 saturated carbocycles. The second-order valence-corrected chi connectivity index (χ2v) is 2.90. The molecular weight excluding hydrogens is 184 g/mol. The third-order valence-electron chi connectivity index (χ3n) is 1.48. The Labute approximate surface area is 74.1 Å². The summed E-state index contributed by atoms with van der Waals surface area (Å²) in [5, 5.41) is 0.230. The maximum atomic E-state index is 12.7. The number of halogens is 3. The van der Waals surface area contributed by atoms with E-state index in [2.05, 4.69) is 0 Å². The van der Waals surface area contributed by atoms with Gasteiger partial charge < -0.3 is 5.73 Å². The Morgan fingerprint density at radius 2 is 2.08 bits per heavy atom. The standard InChI is InChI=1S/C8H8ClF2N/c9-6-1-5(8(12)4-10)2-7(11)3-6/h1-3,8H,4,12H2. The summed E-state index contributed by atoms with van der Waals surface area (Å²) in [6.07, 6.45) is 0. The summed E-state index contributed by atoms with van der Waals surface area (Å²) in [6, 6.07) is 2.99. The van der Waals surface area contributed by atoms with Crippen LogP contribution in [0.3, 0.4) is 0 Å². The number of rotatable bonds is 2. The largest absolute Gasteiger partial charge is 0.322 e. The van der Waals surface area contributed by atoms with E-state index in [9.17, 15) is 8.78 Å². The molecular formula is C8H8ClF2N. The molecule has 0 aliphatic heterocycles. The Kier molecular flexibility index (Phi) is 3.00. The van der Waals surface area contributed by atoms with Gasteiger partial charge in [-0.2, -0.15) is 0 Å². The monoisotopic (exact) mass is 191 g/mol. The minimum atomic E-state index is -0.793. The van der Waals surface area contributed by atoms with E-state index in [4.69, 9.17) is 17.3 Å². The molecule has 0 fully saturated rings. The number of alkyl halides is 1. The summed E-state index contributed by atoms with van der Waals surface area (Å²) in [5.41, 5.74) is 5.71.